The molecule has 0 bridgehead atoms. The number of phosphoric ester groups is 1. The lowest BCUT2D eigenvalue weighted by molar-refractivity contribution is -0.137. The standard InChI is InChI=1S/C19H39N2O7P/c1-17(2,3)11-21-14(22)9-10-20-16(24)15(23)19(7,8)13-28-29(25,26)27-12-18(4,5)6/h15,23H,9-13H2,1-8H3,(H,20,24)(H,21,22)(H,25,26). The molecule has 4 N–H and O–H groups in total. The first kappa shape index (κ1) is 28.0. The number of nitrogens with one attached hydrogen (secondary N) is 2. The summed E-state index contributed by atoms with van der Waals surface area (Å²) in [4.78, 5) is 33.7. The maximum atomic E-state index is 12.2. The lowest BCUT2D eigenvalue weighted by Crippen LogP contribution is -2.46. The molecule has 9 nitrogen and oxygen atoms in total. The third-order valence-electron chi connectivity index (χ3n) is 3.72. The monoisotopic (exact) mass is 438 g/mol. The Morgan fingerprint density at radius 2 is 1.45 bits per heavy atom. The van der Waals surface area contributed by atoms with Crippen LogP contribution in [0.3, 0.4) is 0 Å². The Morgan fingerprint density at radius 3 is 1.93 bits per heavy atom. The number of rotatable bonds is 11. The van der Waals surface area contributed by atoms with Crippen molar-refractivity contribution >= 4 is 19.6 Å². The molecule has 0 radical (unpaired) electrons. The van der Waals surface area contributed by atoms with Gasteiger partial charge in [0.25, 0.3) is 0 Å². The number of phosphoric acid groups is 1. The summed E-state index contributed by atoms with van der Waals surface area (Å²) in [7, 11) is -4.31. The second-order valence-corrected chi connectivity index (χ2v) is 11.8. The second-order valence-electron chi connectivity index (χ2n) is 10.3. The van der Waals surface area contributed by atoms with Crippen LogP contribution in [0, 0.1) is 16.2 Å². The summed E-state index contributed by atoms with van der Waals surface area (Å²) in [5, 5.41) is 15.5. The van der Waals surface area contributed by atoms with Crippen molar-refractivity contribution in [3.8, 4) is 0 Å². The maximum Gasteiger partial charge on any atom is 0.472 e. The molecule has 0 aromatic heterocycles. The van der Waals surface area contributed by atoms with Gasteiger partial charge >= 0.3 is 7.82 Å². The highest BCUT2D eigenvalue weighted by molar-refractivity contribution is 7.47. The van der Waals surface area contributed by atoms with E-state index in [1.54, 1.807) is 0 Å². The van der Waals surface area contributed by atoms with Gasteiger partial charge in [-0.15, -0.1) is 0 Å². The first-order valence-electron chi connectivity index (χ1n) is 9.69. The topological polar surface area (TPSA) is 134 Å². The van der Waals surface area contributed by atoms with E-state index in [0.29, 0.717) is 6.54 Å². The number of hydrogen-bond acceptors (Lipinski definition) is 6. The summed E-state index contributed by atoms with van der Waals surface area (Å²) >= 11 is 0. The minimum atomic E-state index is -4.31. The van der Waals surface area contributed by atoms with E-state index < -0.39 is 25.2 Å². The van der Waals surface area contributed by atoms with Gasteiger partial charge < -0.3 is 20.6 Å². The Labute approximate surface area is 174 Å². The Hall–Kier alpha value is -0.990. The predicted molar refractivity (Wildman–Crippen MR) is 111 cm³/mol. The number of carbonyl (C=O) groups is 2. The molecule has 0 saturated heterocycles. The van der Waals surface area contributed by atoms with Crippen LogP contribution in [0.2, 0.25) is 0 Å². The van der Waals surface area contributed by atoms with Gasteiger partial charge in [0.1, 0.15) is 6.10 Å². The quantitative estimate of drug-likeness (QED) is 0.363. The third-order valence-corrected chi connectivity index (χ3v) is 4.63. The van der Waals surface area contributed by atoms with E-state index in [1.807, 2.05) is 41.5 Å². The van der Waals surface area contributed by atoms with Gasteiger partial charge in [-0.25, -0.2) is 4.57 Å². The predicted octanol–water partition coefficient (Wildman–Crippen LogP) is 2.22. The lowest BCUT2D eigenvalue weighted by Gasteiger charge is -2.30. The fourth-order valence-corrected chi connectivity index (χ4v) is 2.96. The van der Waals surface area contributed by atoms with Crippen LogP contribution in [0.1, 0.15) is 61.8 Å². The van der Waals surface area contributed by atoms with Crippen molar-refractivity contribution in [1.82, 2.24) is 10.6 Å². The molecule has 2 amide bonds. The van der Waals surface area contributed by atoms with Gasteiger partial charge in [-0.05, 0) is 10.8 Å². The Balaban J connectivity index is 4.46. The molecule has 0 aliphatic carbocycles. The van der Waals surface area contributed by atoms with Crippen molar-refractivity contribution in [3.05, 3.63) is 0 Å². The first-order valence-corrected chi connectivity index (χ1v) is 11.2. The number of aliphatic hydroxyl groups is 1. The molecular formula is C19H39N2O7P. The van der Waals surface area contributed by atoms with Crippen LogP contribution in [0.4, 0.5) is 0 Å². The highest BCUT2D eigenvalue weighted by atomic mass is 31.2. The van der Waals surface area contributed by atoms with E-state index in [1.165, 1.54) is 13.8 Å². The van der Waals surface area contributed by atoms with Crippen molar-refractivity contribution in [2.24, 2.45) is 16.2 Å². The molecule has 29 heavy (non-hydrogen) atoms. The van der Waals surface area contributed by atoms with Gasteiger partial charge in [0, 0.05) is 24.9 Å². The summed E-state index contributed by atoms with van der Waals surface area (Å²) in [6.07, 6.45) is -1.42. The van der Waals surface area contributed by atoms with Crippen molar-refractivity contribution in [2.75, 3.05) is 26.3 Å². The minimum absolute atomic E-state index is 0.0154. The Bertz CT molecular complexity index is 594. The van der Waals surface area contributed by atoms with E-state index in [9.17, 15) is 24.2 Å². The van der Waals surface area contributed by atoms with E-state index in [0.717, 1.165) is 0 Å². The van der Waals surface area contributed by atoms with E-state index in [-0.39, 0.29) is 42.9 Å². The normalized spacial score (nSPS) is 16.1. The van der Waals surface area contributed by atoms with Crippen LogP contribution >= 0.6 is 7.82 Å². The lowest BCUT2D eigenvalue weighted by atomic mass is 9.87. The number of aliphatic hydroxyl groups excluding tert-OH is 1. The third kappa shape index (κ3) is 13.8. The molecule has 2 atom stereocenters. The summed E-state index contributed by atoms with van der Waals surface area (Å²) in [5.41, 5.74) is -1.51. The van der Waals surface area contributed by atoms with Crippen LogP contribution in [0.5, 0.6) is 0 Å². The molecular weight excluding hydrogens is 399 g/mol. The molecule has 0 spiro atoms. The van der Waals surface area contributed by atoms with Gasteiger partial charge in [-0.2, -0.15) is 0 Å². The van der Waals surface area contributed by atoms with Crippen LogP contribution in [-0.4, -0.2) is 54.2 Å². The van der Waals surface area contributed by atoms with Crippen LogP contribution < -0.4 is 10.6 Å². The number of amides is 2. The van der Waals surface area contributed by atoms with Gasteiger partial charge in [-0.1, -0.05) is 55.4 Å². The van der Waals surface area contributed by atoms with Crippen molar-refractivity contribution in [3.63, 3.8) is 0 Å². The van der Waals surface area contributed by atoms with Crippen molar-refractivity contribution in [1.29, 1.82) is 0 Å². The SMILES string of the molecule is CC(C)(C)CNC(=O)CCNC(=O)C(O)C(C)(C)COP(=O)(O)OCC(C)(C)C. The van der Waals surface area contributed by atoms with Crippen molar-refractivity contribution in [2.45, 2.75) is 67.9 Å². The summed E-state index contributed by atoms with van der Waals surface area (Å²) in [5.74, 6) is -0.889. The van der Waals surface area contributed by atoms with Gasteiger partial charge in [0.05, 0.1) is 13.2 Å². The van der Waals surface area contributed by atoms with Gasteiger partial charge in [0.15, 0.2) is 0 Å². The summed E-state index contributed by atoms with van der Waals surface area (Å²) < 4.78 is 21.8. The zero-order valence-corrected chi connectivity index (χ0v) is 19.9. The van der Waals surface area contributed by atoms with Crippen LogP contribution in [0.15, 0.2) is 0 Å². The average molecular weight is 439 g/mol. The fraction of sp³-hybridized carbons (Fsp3) is 0.895. The van der Waals surface area contributed by atoms with Crippen LogP contribution in [-0.2, 0) is 23.2 Å². The molecule has 0 rings (SSSR count). The molecule has 10 heteroatoms. The highest BCUT2D eigenvalue weighted by Crippen LogP contribution is 2.46. The van der Waals surface area contributed by atoms with E-state index in [4.69, 9.17) is 9.05 Å². The zero-order chi connectivity index (χ0) is 23.1. The minimum Gasteiger partial charge on any atom is -0.383 e. The molecule has 0 aliphatic heterocycles. The molecule has 2 unspecified atom stereocenters. The second kappa shape index (κ2) is 10.9. The fourth-order valence-electron chi connectivity index (χ4n) is 1.84. The highest BCUT2D eigenvalue weighted by Gasteiger charge is 2.37. The number of carbonyl (C=O) groups excluding carboxylic acids is 2. The molecule has 0 heterocycles. The van der Waals surface area contributed by atoms with Gasteiger partial charge in [-0.3, -0.25) is 18.6 Å². The molecule has 172 valence electrons. The first-order chi connectivity index (χ1) is 12.8. The molecule has 0 aromatic rings. The molecule has 0 aliphatic rings. The Kier molecular flexibility index (Phi) is 10.5. The summed E-state index contributed by atoms with van der Waals surface area (Å²) in [6.45, 7) is 14.8. The van der Waals surface area contributed by atoms with E-state index in [2.05, 4.69) is 10.6 Å². The molecule has 0 fully saturated rings. The Morgan fingerprint density at radius 1 is 0.931 bits per heavy atom. The largest absolute Gasteiger partial charge is 0.472 e. The molecule has 0 aromatic carbocycles. The van der Waals surface area contributed by atoms with Crippen LogP contribution in [0.25, 0.3) is 0 Å². The molecule has 0 saturated carbocycles. The van der Waals surface area contributed by atoms with E-state index >= 15 is 0 Å². The smallest absolute Gasteiger partial charge is 0.383 e. The average Bonchev–Trinajstić information content (AvgIpc) is 2.55. The van der Waals surface area contributed by atoms with Gasteiger partial charge in [0.2, 0.25) is 11.8 Å². The van der Waals surface area contributed by atoms with Crippen molar-refractivity contribution < 1.29 is 33.2 Å². The zero-order valence-electron chi connectivity index (χ0n) is 19.0. The maximum absolute atomic E-state index is 12.2. The number of hydrogen-bond donors (Lipinski definition) is 4. The summed E-state index contributed by atoms with van der Waals surface area (Å²) in [6, 6.07) is 0.